The van der Waals surface area contributed by atoms with Crippen LogP contribution in [-0.4, -0.2) is 36.1 Å². The molecule has 128 valence electrons. The Morgan fingerprint density at radius 2 is 2.21 bits per heavy atom. The van der Waals surface area contributed by atoms with E-state index in [2.05, 4.69) is 20.9 Å². The van der Waals surface area contributed by atoms with Gasteiger partial charge in [0.1, 0.15) is 5.00 Å². The van der Waals surface area contributed by atoms with Gasteiger partial charge in [-0.1, -0.05) is 6.42 Å². The number of nitrogens with two attached hydrogens (primary N) is 1. The summed E-state index contributed by atoms with van der Waals surface area (Å²) in [5, 5.41) is 9.39. The number of carbonyl (C=O) groups excluding carboxylic acids is 2. The molecule has 0 aromatic carbocycles. The van der Waals surface area contributed by atoms with Crippen LogP contribution in [0, 0.1) is 0 Å². The van der Waals surface area contributed by atoms with Gasteiger partial charge in [0, 0.05) is 18.8 Å². The van der Waals surface area contributed by atoms with Crippen LogP contribution in [0.25, 0.3) is 10.6 Å². The zero-order valence-electron chi connectivity index (χ0n) is 13.2. The maximum atomic E-state index is 12.7. The van der Waals surface area contributed by atoms with Gasteiger partial charge in [-0.2, -0.15) is 0 Å². The number of hydrogen-bond donors (Lipinski definition) is 5. The van der Waals surface area contributed by atoms with Crippen LogP contribution in [0.5, 0.6) is 0 Å². The van der Waals surface area contributed by atoms with Gasteiger partial charge in [0.05, 0.1) is 16.1 Å². The number of nitrogens with one attached hydrogen (secondary N) is 4. The fourth-order valence-corrected chi connectivity index (χ4v) is 3.83. The Balaban J connectivity index is 1.81. The first-order valence-electron chi connectivity index (χ1n) is 7.99. The van der Waals surface area contributed by atoms with Crippen LogP contribution >= 0.6 is 11.3 Å². The second-order valence-electron chi connectivity index (χ2n) is 5.80. The predicted octanol–water partition coefficient (Wildman–Crippen LogP) is 2.11. The summed E-state index contributed by atoms with van der Waals surface area (Å²) in [5.41, 5.74) is 6.56. The molecule has 0 unspecified atom stereocenters. The van der Waals surface area contributed by atoms with Gasteiger partial charge < -0.3 is 21.4 Å². The Morgan fingerprint density at radius 1 is 1.33 bits per heavy atom. The summed E-state index contributed by atoms with van der Waals surface area (Å²) < 4.78 is 0. The summed E-state index contributed by atoms with van der Waals surface area (Å²) in [6.45, 7) is 1.74. The number of aromatic amines is 1. The SMILES string of the molecule is NC(=O)Nc1sc(-c2ccc[nH]2)cc1C(=O)N[C@H]1CCCCNC1. The van der Waals surface area contributed by atoms with Crippen LogP contribution in [0.1, 0.15) is 29.6 Å². The van der Waals surface area contributed by atoms with Crippen LogP contribution < -0.4 is 21.7 Å². The molecule has 0 radical (unpaired) electrons. The minimum Gasteiger partial charge on any atom is -0.361 e. The molecule has 1 atom stereocenters. The highest BCUT2D eigenvalue weighted by atomic mass is 32.1. The number of thiophene rings is 1. The van der Waals surface area contributed by atoms with E-state index in [4.69, 9.17) is 5.73 Å². The molecule has 8 heteroatoms. The van der Waals surface area contributed by atoms with Gasteiger partial charge in [-0.15, -0.1) is 11.3 Å². The molecule has 1 aliphatic heterocycles. The van der Waals surface area contributed by atoms with E-state index in [1.807, 2.05) is 18.3 Å². The quantitative estimate of drug-likeness (QED) is 0.584. The molecule has 0 aliphatic carbocycles. The van der Waals surface area contributed by atoms with E-state index in [9.17, 15) is 9.59 Å². The molecule has 2 aromatic heterocycles. The van der Waals surface area contributed by atoms with E-state index in [1.165, 1.54) is 11.3 Å². The first-order valence-corrected chi connectivity index (χ1v) is 8.81. The van der Waals surface area contributed by atoms with Crippen molar-refractivity contribution in [3.8, 4) is 10.6 Å². The summed E-state index contributed by atoms with van der Waals surface area (Å²) in [5.74, 6) is -0.193. The number of urea groups is 1. The van der Waals surface area contributed by atoms with E-state index in [0.29, 0.717) is 10.6 Å². The number of hydrogen-bond acceptors (Lipinski definition) is 4. The van der Waals surface area contributed by atoms with Crippen molar-refractivity contribution < 1.29 is 9.59 Å². The monoisotopic (exact) mass is 347 g/mol. The predicted molar refractivity (Wildman–Crippen MR) is 95.3 cm³/mol. The fourth-order valence-electron chi connectivity index (χ4n) is 2.79. The zero-order valence-corrected chi connectivity index (χ0v) is 14.0. The van der Waals surface area contributed by atoms with Crippen molar-refractivity contribution in [1.82, 2.24) is 15.6 Å². The molecule has 0 bridgehead atoms. The van der Waals surface area contributed by atoms with Crippen LogP contribution in [0.3, 0.4) is 0 Å². The average molecular weight is 347 g/mol. The van der Waals surface area contributed by atoms with Gasteiger partial charge >= 0.3 is 6.03 Å². The van der Waals surface area contributed by atoms with E-state index in [1.54, 1.807) is 6.07 Å². The largest absolute Gasteiger partial charge is 0.361 e. The molecule has 1 fully saturated rings. The van der Waals surface area contributed by atoms with Gasteiger partial charge in [0.2, 0.25) is 0 Å². The molecular formula is C16H21N5O2S. The number of carbonyl (C=O) groups is 2. The molecule has 6 N–H and O–H groups in total. The molecule has 1 aliphatic rings. The second kappa shape index (κ2) is 7.50. The minimum absolute atomic E-state index is 0.0928. The van der Waals surface area contributed by atoms with Crippen LogP contribution in [0.4, 0.5) is 9.80 Å². The molecule has 7 nitrogen and oxygen atoms in total. The lowest BCUT2D eigenvalue weighted by Crippen LogP contribution is -2.41. The summed E-state index contributed by atoms with van der Waals surface area (Å²) in [6.07, 6.45) is 4.97. The van der Waals surface area contributed by atoms with Crippen molar-refractivity contribution in [2.45, 2.75) is 25.3 Å². The lowest BCUT2D eigenvalue weighted by molar-refractivity contribution is 0.0937. The third kappa shape index (κ3) is 3.95. The van der Waals surface area contributed by atoms with Gasteiger partial charge in [-0.05, 0) is 37.6 Å². The second-order valence-corrected chi connectivity index (χ2v) is 6.85. The summed E-state index contributed by atoms with van der Waals surface area (Å²) in [6, 6.07) is 4.99. The molecule has 3 heterocycles. The molecule has 24 heavy (non-hydrogen) atoms. The topological polar surface area (TPSA) is 112 Å². The average Bonchev–Trinajstić information content (AvgIpc) is 3.13. The Labute approximate surface area is 144 Å². The Bertz CT molecular complexity index is 702. The van der Waals surface area contributed by atoms with E-state index in [0.717, 1.165) is 42.9 Å². The van der Waals surface area contributed by atoms with Crippen molar-refractivity contribution in [1.29, 1.82) is 0 Å². The third-order valence-corrected chi connectivity index (χ3v) is 5.04. The van der Waals surface area contributed by atoms with E-state index in [-0.39, 0.29) is 11.9 Å². The first kappa shape index (κ1) is 16.5. The van der Waals surface area contributed by atoms with Crippen molar-refractivity contribution in [2.24, 2.45) is 5.73 Å². The smallest absolute Gasteiger partial charge is 0.317 e. The Hall–Kier alpha value is -2.32. The third-order valence-electron chi connectivity index (χ3n) is 3.96. The molecular weight excluding hydrogens is 326 g/mol. The highest BCUT2D eigenvalue weighted by Crippen LogP contribution is 2.34. The molecule has 0 saturated carbocycles. The molecule has 3 rings (SSSR count). The highest BCUT2D eigenvalue weighted by Gasteiger charge is 2.21. The van der Waals surface area contributed by atoms with Crippen molar-refractivity contribution in [3.05, 3.63) is 30.0 Å². The summed E-state index contributed by atoms with van der Waals surface area (Å²) >= 11 is 1.32. The normalized spacial score (nSPS) is 17.9. The zero-order chi connectivity index (χ0) is 16.9. The lowest BCUT2D eigenvalue weighted by atomic mass is 10.1. The Kier molecular flexibility index (Phi) is 5.17. The summed E-state index contributed by atoms with van der Waals surface area (Å²) in [7, 11) is 0. The number of primary amides is 1. The highest BCUT2D eigenvalue weighted by molar-refractivity contribution is 7.20. The van der Waals surface area contributed by atoms with Crippen molar-refractivity contribution in [3.63, 3.8) is 0 Å². The van der Waals surface area contributed by atoms with Crippen LogP contribution in [0.15, 0.2) is 24.4 Å². The number of amides is 3. The standard InChI is InChI=1S/C16H21N5O2S/c17-16(23)21-15-11(8-13(24-15)12-5-3-7-19-12)14(22)20-10-4-1-2-6-18-9-10/h3,5,7-8,10,18-19H,1-2,4,6,9H2,(H,20,22)(H3,17,21,23)/t10-/m0/s1. The van der Waals surface area contributed by atoms with Gasteiger partial charge in [-0.25, -0.2) is 4.79 Å². The van der Waals surface area contributed by atoms with Crippen LogP contribution in [0.2, 0.25) is 0 Å². The molecule has 3 amide bonds. The Morgan fingerprint density at radius 3 is 2.96 bits per heavy atom. The minimum atomic E-state index is -0.680. The molecule has 1 saturated heterocycles. The van der Waals surface area contributed by atoms with Gasteiger partial charge in [0.15, 0.2) is 0 Å². The maximum Gasteiger partial charge on any atom is 0.317 e. The molecule has 2 aromatic rings. The number of rotatable bonds is 4. The van der Waals surface area contributed by atoms with E-state index < -0.39 is 6.03 Å². The molecule has 0 spiro atoms. The maximum absolute atomic E-state index is 12.7. The van der Waals surface area contributed by atoms with Gasteiger partial charge in [0.25, 0.3) is 5.91 Å². The first-order chi connectivity index (χ1) is 11.6. The van der Waals surface area contributed by atoms with Crippen LogP contribution in [-0.2, 0) is 0 Å². The summed E-state index contributed by atoms with van der Waals surface area (Å²) in [4.78, 5) is 27.9. The number of anilines is 1. The fraction of sp³-hybridized carbons (Fsp3) is 0.375. The lowest BCUT2D eigenvalue weighted by Gasteiger charge is -2.16. The van der Waals surface area contributed by atoms with Crippen molar-refractivity contribution in [2.75, 3.05) is 18.4 Å². The van der Waals surface area contributed by atoms with Crippen molar-refractivity contribution >= 4 is 28.3 Å². The number of H-pyrrole nitrogens is 1. The van der Waals surface area contributed by atoms with Gasteiger partial charge in [-0.3, -0.25) is 10.1 Å². The van der Waals surface area contributed by atoms with E-state index >= 15 is 0 Å². The number of aromatic nitrogens is 1.